The molecule has 1 heterocycles. The Labute approximate surface area is 119 Å². The third-order valence-corrected chi connectivity index (χ3v) is 4.36. The predicted octanol–water partition coefficient (Wildman–Crippen LogP) is 4.58. The van der Waals surface area contributed by atoms with Gasteiger partial charge >= 0.3 is 0 Å². The lowest BCUT2D eigenvalue weighted by Gasteiger charge is -2.29. The van der Waals surface area contributed by atoms with Gasteiger partial charge in [-0.3, -0.25) is 4.90 Å². The molecule has 0 radical (unpaired) electrons. The number of likely N-dealkylation sites (tertiary alicyclic amines) is 1. The van der Waals surface area contributed by atoms with Crippen LogP contribution in [0.5, 0.6) is 0 Å². The van der Waals surface area contributed by atoms with Gasteiger partial charge in [-0.05, 0) is 62.0 Å². The van der Waals surface area contributed by atoms with E-state index in [1.807, 2.05) is 0 Å². The molecule has 1 fully saturated rings. The van der Waals surface area contributed by atoms with E-state index >= 15 is 0 Å². The van der Waals surface area contributed by atoms with Crippen LogP contribution in [-0.4, -0.2) is 24.5 Å². The van der Waals surface area contributed by atoms with Crippen molar-refractivity contribution < 1.29 is 0 Å². The molecule has 98 valence electrons. The first-order valence-electron chi connectivity index (χ1n) is 6.80. The van der Waals surface area contributed by atoms with E-state index in [2.05, 4.69) is 65.0 Å². The molecule has 0 saturated carbocycles. The molecule has 0 bridgehead atoms. The van der Waals surface area contributed by atoms with Crippen molar-refractivity contribution in [3.63, 3.8) is 0 Å². The van der Waals surface area contributed by atoms with E-state index in [9.17, 15) is 0 Å². The van der Waals surface area contributed by atoms with Crippen LogP contribution in [0.4, 0.5) is 0 Å². The summed E-state index contributed by atoms with van der Waals surface area (Å²) in [5.74, 6) is 0.915. The van der Waals surface area contributed by atoms with Gasteiger partial charge in [-0.1, -0.05) is 41.1 Å². The SMILES string of the molecule is C/C(=C\CN1CCC(C)CC1)c1ccc(Br)cc1. The normalized spacial score (nSPS) is 19.2. The topological polar surface area (TPSA) is 3.24 Å². The highest BCUT2D eigenvalue weighted by atomic mass is 79.9. The molecule has 0 atom stereocenters. The summed E-state index contributed by atoms with van der Waals surface area (Å²) >= 11 is 3.47. The number of benzene rings is 1. The van der Waals surface area contributed by atoms with E-state index in [0.717, 1.165) is 16.9 Å². The van der Waals surface area contributed by atoms with Crippen molar-refractivity contribution in [3.8, 4) is 0 Å². The van der Waals surface area contributed by atoms with Gasteiger partial charge in [0.1, 0.15) is 0 Å². The van der Waals surface area contributed by atoms with E-state index in [1.165, 1.54) is 37.1 Å². The number of nitrogens with zero attached hydrogens (tertiary/aromatic N) is 1. The standard InChI is InChI=1S/C16H22BrN/c1-13-7-10-18(11-8-13)12-9-14(2)15-3-5-16(17)6-4-15/h3-6,9,13H,7-8,10-12H2,1-2H3/b14-9+. The van der Waals surface area contributed by atoms with Crippen molar-refractivity contribution in [3.05, 3.63) is 40.4 Å². The first kappa shape index (κ1) is 13.8. The van der Waals surface area contributed by atoms with Crippen LogP contribution >= 0.6 is 15.9 Å². The van der Waals surface area contributed by atoms with Crippen LogP contribution in [0.1, 0.15) is 32.3 Å². The fraction of sp³-hybridized carbons (Fsp3) is 0.500. The van der Waals surface area contributed by atoms with Crippen molar-refractivity contribution in [1.29, 1.82) is 0 Å². The summed E-state index contributed by atoms with van der Waals surface area (Å²) in [5.41, 5.74) is 2.70. The van der Waals surface area contributed by atoms with Gasteiger partial charge in [-0.15, -0.1) is 0 Å². The average molecular weight is 308 g/mol. The van der Waals surface area contributed by atoms with Crippen LogP contribution in [0.15, 0.2) is 34.8 Å². The Kier molecular flexibility index (Phi) is 5.02. The monoisotopic (exact) mass is 307 g/mol. The second kappa shape index (κ2) is 6.53. The van der Waals surface area contributed by atoms with Crippen LogP contribution in [0, 0.1) is 5.92 Å². The summed E-state index contributed by atoms with van der Waals surface area (Å²) in [6.07, 6.45) is 5.07. The van der Waals surface area contributed by atoms with Crippen LogP contribution in [0.25, 0.3) is 5.57 Å². The highest BCUT2D eigenvalue weighted by molar-refractivity contribution is 9.10. The molecule has 1 saturated heterocycles. The Morgan fingerprint density at radius 1 is 1.28 bits per heavy atom. The molecule has 1 aliphatic heterocycles. The van der Waals surface area contributed by atoms with Crippen molar-refractivity contribution in [2.75, 3.05) is 19.6 Å². The van der Waals surface area contributed by atoms with E-state index < -0.39 is 0 Å². The molecule has 0 aliphatic carbocycles. The lowest BCUT2D eigenvalue weighted by atomic mass is 9.99. The Morgan fingerprint density at radius 2 is 1.89 bits per heavy atom. The van der Waals surface area contributed by atoms with E-state index in [-0.39, 0.29) is 0 Å². The Morgan fingerprint density at radius 3 is 2.50 bits per heavy atom. The quantitative estimate of drug-likeness (QED) is 0.790. The first-order valence-corrected chi connectivity index (χ1v) is 7.59. The lowest BCUT2D eigenvalue weighted by Crippen LogP contribution is -2.32. The summed E-state index contributed by atoms with van der Waals surface area (Å²) in [6.45, 7) is 8.17. The van der Waals surface area contributed by atoms with Gasteiger partial charge in [0, 0.05) is 11.0 Å². The van der Waals surface area contributed by atoms with Crippen molar-refractivity contribution >= 4 is 21.5 Å². The number of hydrogen-bond donors (Lipinski definition) is 0. The second-order valence-corrected chi connectivity index (χ2v) is 6.29. The van der Waals surface area contributed by atoms with Gasteiger partial charge in [-0.25, -0.2) is 0 Å². The first-order chi connectivity index (χ1) is 8.65. The average Bonchev–Trinajstić information content (AvgIpc) is 2.38. The minimum Gasteiger partial charge on any atom is -0.300 e. The Bertz CT molecular complexity index is 400. The molecule has 2 rings (SSSR count). The summed E-state index contributed by atoms with van der Waals surface area (Å²) in [4.78, 5) is 2.56. The molecule has 2 heteroatoms. The maximum Gasteiger partial charge on any atom is 0.0175 e. The minimum absolute atomic E-state index is 0.915. The summed E-state index contributed by atoms with van der Waals surface area (Å²) < 4.78 is 1.14. The van der Waals surface area contributed by atoms with E-state index in [4.69, 9.17) is 0 Å². The third kappa shape index (κ3) is 3.96. The summed E-state index contributed by atoms with van der Waals surface area (Å²) in [6, 6.07) is 8.56. The van der Waals surface area contributed by atoms with Crippen LogP contribution < -0.4 is 0 Å². The highest BCUT2D eigenvalue weighted by Crippen LogP contribution is 2.19. The molecule has 1 aromatic rings. The molecular weight excluding hydrogens is 286 g/mol. The largest absolute Gasteiger partial charge is 0.300 e. The van der Waals surface area contributed by atoms with Gasteiger partial charge in [0.2, 0.25) is 0 Å². The molecule has 1 aliphatic rings. The maximum absolute atomic E-state index is 3.47. The molecule has 0 aromatic heterocycles. The summed E-state index contributed by atoms with van der Waals surface area (Å²) in [7, 11) is 0. The maximum atomic E-state index is 3.47. The van der Waals surface area contributed by atoms with E-state index in [1.54, 1.807) is 0 Å². The molecule has 0 spiro atoms. The van der Waals surface area contributed by atoms with Gasteiger partial charge in [0.05, 0.1) is 0 Å². The smallest absolute Gasteiger partial charge is 0.0175 e. The van der Waals surface area contributed by atoms with Crippen molar-refractivity contribution in [1.82, 2.24) is 4.90 Å². The van der Waals surface area contributed by atoms with Gasteiger partial charge in [0.15, 0.2) is 0 Å². The van der Waals surface area contributed by atoms with Gasteiger partial charge in [-0.2, -0.15) is 0 Å². The molecule has 1 aromatic carbocycles. The lowest BCUT2D eigenvalue weighted by molar-refractivity contribution is 0.210. The van der Waals surface area contributed by atoms with Crippen molar-refractivity contribution in [2.24, 2.45) is 5.92 Å². The Hall–Kier alpha value is -0.600. The minimum atomic E-state index is 0.915. The number of allylic oxidation sites excluding steroid dienone is 1. The highest BCUT2D eigenvalue weighted by Gasteiger charge is 2.14. The fourth-order valence-electron chi connectivity index (χ4n) is 2.34. The second-order valence-electron chi connectivity index (χ2n) is 5.38. The molecule has 0 N–H and O–H groups in total. The number of piperidine rings is 1. The molecular formula is C16H22BrN. The molecule has 0 unspecified atom stereocenters. The zero-order valence-electron chi connectivity index (χ0n) is 11.3. The molecule has 18 heavy (non-hydrogen) atoms. The van der Waals surface area contributed by atoms with Crippen molar-refractivity contribution in [2.45, 2.75) is 26.7 Å². The zero-order chi connectivity index (χ0) is 13.0. The molecule has 0 amide bonds. The van der Waals surface area contributed by atoms with Gasteiger partial charge < -0.3 is 0 Å². The van der Waals surface area contributed by atoms with Crippen LogP contribution in [0.2, 0.25) is 0 Å². The van der Waals surface area contributed by atoms with E-state index in [0.29, 0.717) is 0 Å². The third-order valence-electron chi connectivity index (χ3n) is 3.83. The summed E-state index contributed by atoms with van der Waals surface area (Å²) in [5, 5.41) is 0. The zero-order valence-corrected chi connectivity index (χ0v) is 12.9. The van der Waals surface area contributed by atoms with Gasteiger partial charge in [0.25, 0.3) is 0 Å². The predicted molar refractivity (Wildman–Crippen MR) is 82.6 cm³/mol. The van der Waals surface area contributed by atoms with Crippen LogP contribution in [0.3, 0.4) is 0 Å². The number of halogens is 1. The molecule has 1 nitrogen and oxygen atoms in total. The van der Waals surface area contributed by atoms with Crippen LogP contribution in [-0.2, 0) is 0 Å². The Balaban J connectivity index is 1.90. The fourth-order valence-corrected chi connectivity index (χ4v) is 2.61. The number of hydrogen-bond acceptors (Lipinski definition) is 1. The number of rotatable bonds is 3.